The zero-order valence-corrected chi connectivity index (χ0v) is 16.0. The van der Waals surface area contributed by atoms with E-state index in [9.17, 15) is 14.4 Å². The minimum Gasteiger partial charge on any atom is -0.368 e. The van der Waals surface area contributed by atoms with E-state index in [4.69, 9.17) is 5.73 Å². The molecule has 154 valence electrons. The SMILES string of the molecule is NC(=O)[C@H](Cc1c[nH]cn1)NC(=O)[C@H](Cc1ccccc1)NC(=O)c1cnccn1. The maximum Gasteiger partial charge on any atom is 0.272 e. The first-order valence-corrected chi connectivity index (χ1v) is 9.21. The quantitative estimate of drug-likeness (QED) is 0.383. The Bertz CT molecular complexity index is 978. The number of carbonyl (C=O) groups excluding carboxylic acids is 3. The van der Waals surface area contributed by atoms with Gasteiger partial charge in [-0.25, -0.2) is 9.97 Å². The van der Waals surface area contributed by atoms with Gasteiger partial charge in [-0.3, -0.25) is 19.4 Å². The van der Waals surface area contributed by atoms with E-state index in [-0.39, 0.29) is 18.5 Å². The van der Waals surface area contributed by atoms with Crippen LogP contribution in [0, 0.1) is 0 Å². The number of nitrogens with two attached hydrogens (primary N) is 1. The Morgan fingerprint density at radius 3 is 2.43 bits per heavy atom. The summed E-state index contributed by atoms with van der Waals surface area (Å²) in [5, 5.41) is 5.27. The molecule has 0 spiro atoms. The lowest BCUT2D eigenvalue weighted by Crippen LogP contribution is -2.54. The summed E-state index contributed by atoms with van der Waals surface area (Å²) in [6.07, 6.45) is 7.55. The van der Waals surface area contributed by atoms with E-state index in [1.54, 1.807) is 6.20 Å². The molecule has 0 unspecified atom stereocenters. The Morgan fingerprint density at radius 1 is 1.00 bits per heavy atom. The van der Waals surface area contributed by atoms with Gasteiger partial charge in [0, 0.05) is 31.4 Å². The number of benzene rings is 1. The lowest BCUT2D eigenvalue weighted by molar-refractivity contribution is -0.128. The van der Waals surface area contributed by atoms with Crippen LogP contribution in [0.15, 0.2) is 61.4 Å². The van der Waals surface area contributed by atoms with Crippen LogP contribution in [-0.2, 0) is 22.4 Å². The number of aromatic amines is 1. The molecule has 0 aliphatic rings. The molecule has 5 N–H and O–H groups in total. The third kappa shape index (κ3) is 5.71. The van der Waals surface area contributed by atoms with Gasteiger partial charge in [0.2, 0.25) is 11.8 Å². The minimum absolute atomic E-state index is 0.0753. The average molecular weight is 407 g/mol. The molecular formula is C20H21N7O3. The number of nitrogens with zero attached hydrogens (tertiary/aromatic N) is 3. The number of carbonyl (C=O) groups is 3. The molecular weight excluding hydrogens is 386 g/mol. The van der Waals surface area contributed by atoms with E-state index in [0.717, 1.165) is 5.56 Å². The molecule has 3 aromatic rings. The van der Waals surface area contributed by atoms with Crippen molar-refractivity contribution in [2.45, 2.75) is 24.9 Å². The van der Waals surface area contributed by atoms with Crippen LogP contribution < -0.4 is 16.4 Å². The lowest BCUT2D eigenvalue weighted by atomic mass is 10.0. The van der Waals surface area contributed by atoms with Gasteiger partial charge < -0.3 is 21.4 Å². The molecule has 3 amide bonds. The summed E-state index contributed by atoms with van der Waals surface area (Å²) >= 11 is 0. The highest BCUT2D eigenvalue weighted by Crippen LogP contribution is 2.06. The number of hydrogen-bond donors (Lipinski definition) is 4. The Morgan fingerprint density at radius 2 is 1.80 bits per heavy atom. The van der Waals surface area contributed by atoms with Gasteiger partial charge in [-0.2, -0.15) is 0 Å². The standard InChI is InChI=1S/C20H21N7O3/c21-18(28)15(9-14-10-23-12-25-14)26-19(29)16(8-13-4-2-1-3-5-13)27-20(30)17-11-22-6-7-24-17/h1-7,10-12,15-16H,8-9H2,(H2,21,28)(H,23,25)(H,26,29)(H,27,30)/t15-,16-/m0/s1. The Hall–Kier alpha value is -4.08. The number of imidazole rings is 1. The summed E-state index contributed by atoms with van der Waals surface area (Å²) in [4.78, 5) is 52.0. The number of rotatable bonds is 9. The van der Waals surface area contributed by atoms with Crippen LogP contribution in [0.25, 0.3) is 0 Å². The smallest absolute Gasteiger partial charge is 0.272 e. The lowest BCUT2D eigenvalue weighted by Gasteiger charge is -2.21. The molecule has 10 heteroatoms. The summed E-state index contributed by atoms with van der Waals surface area (Å²) < 4.78 is 0. The van der Waals surface area contributed by atoms with Gasteiger partial charge in [0.1, 0.15) is 17.8 Å². The molecule has 10 nitrogen and oxygen atoms in total. The Kier molecular flexibility index (Phi) is 6.83. The fourth-order valence-electron chi connectivity index (χ4n) is 2.81. The van der Waals surface area contributed by atoms with Crippen LogP contribution in [0.2, 0.25) is 0 Å². The highest BCUT2D eigenvalue weighted by molar-refractivity contribution is 5.97. The summed E-state index contributed by atoms with van der Waals surface area (Å²) in [5.74, 6) is -1.80. The zero-order chi connectivity index (χ0) is 21.3. The van der Waals surface area contributed by atoms with Crippen molar-refractivity contribution in [2.75, 3.05) is 0 Å². The van der Waals surface area contributed by atoms with Gasteiger partial charge in [-0.05, 0) is 5.56 Å². The Balaban J connectivity index is 1.76. The molecule has 0 radical (unpaired) electrons. The number of hydrogen-bond acceptors (Lipinski definition) is 6. The third-order valence-electron chi connectivity index (χ3n) is 4.33. The van der Waals surface area contributed by atoms with E-state index < -0.39 is 29.8 Å². The molecule has 2 atom stereocenters. The van der Waals surface area contributed by atoms with E-state index in [1.807, 2.05) is 30.3 Å². The second kappa shape index (κ2) is 9.92. The molecule has 0 fully saturated rings. The first kappa shape index (κ1) is 20.6. The molecule has 0 aliphatic carbocycles. The monoisotopic (exact) mass is 407 g/mol. The topological polar surface area (TPSA) is 156 Å². The van der Waals surface area contributed by atoms with Gasteiger partial charge in [-0.15, -0.1) is 0 Å². The number of aromatic nitrogens is 4. The molecule has 0 bridgehead atoms. The van der Waals surface area contributed by atoms with E-state index in [1.165, 1.54) is 24.9 Å². The van der Waals surface area contributed by atoms with Gasteiger partial charge in [0.15, 0.2) is 0 Å². The molecule has 2 aromatic heterocycles. The highest BCUT2D eigenvalue weighted by atomic mass is 16.2. The summed E-state index contributed by atoms with van der Waals surface area (Å²) in [6.45, 7) is 0. The normalized spacial score (nSPS) is 12.5. The number of nitrogens with one attached hydrogen (secondary N) is 3. The third-order valence-corrected chi connectivity index (χ3v) is 4.33. The van der Waals surface area contributed by atoms with Gasteiger partial charge in [0.25, 0.3) is 5.91 Å². The molecule has 2 heterocycles. The first-order valence-electron chi connectivity index (χ1n) is 9.21. The number of primary amides is 1. The molecule has 0 saturated carbocycles. The van der Waals surface area contributed by atoms with Crippen molar-refractivity contribution < 1.29 is 14.4 Å². The molecule has 0 saturated heterocycles. The van der Waals surface area contributed by atoms with Crippen LogP contribution in [0.5, 0.6) is 0 Å². The van der Waals surface area contributed by atoms with E-state index in [0.29, 0.717) is 5.69 Å². The second-order valence-electron chi connectivity index (χ2n) is 6.53. The largest absolute Gasteiger partial charge is 0.368 e. The maximum atomic E-state index is 13.0. The van der Waals surface area contributed by atoms with Gasteiger partial charge in [-0.1, -0.05) is 30.3 Å². The van der Waals surface area contributed by atoms with Crippen LogP contribution in [-0.4, -0.2) is 49.7 Å². The zero-order valence-electron chi connectivity index (χ0n) is 16.0. The summed E-state index contributed by atoms with van der Waals surface area (Å²) in [5.41, 5.74) is 6.93. The van der Waals surface area contributed by atoms with Crippen molar-refractivity contribution in [2.24, 2.45) is 5.73 Å². The fraction of sp³-hybridized carbons (Fsp3) is 0.200. The van der Waals surface area contributed by atoms with Crippen molar-refractivity contribution in [1.29, 1.82) is 0 Å². The van der Waals surface area contributed by atoms with Crippen molar-refractivity contribution in [1.82, 2.24) is 30.6 Å². The fourth-order valence-corrected chi connectivity index (χ4v) is 2.81. The van der Waals surface area contributed by atoms with Crippen molar-refractivity contribution in [3.05, 3.63) is 78.4 Å². The molecule has 0 aliphatic heterocycles. The number of H-pyrrole nitrogens is 1. The predicted molar refractivity (Wildman–Crippen MR) is 107 cm³/mol. The van der Waals surface area contributed by atoms with Crippen LogP contribution >= 0.6 is 0 Å². The minimum atomic E-state index is -0.979. The molecule has 3 rings (SSSR count). The van der Waals surface area contributed by atoms with E-state index in [2.05, 4.69) is 30.6 Å². The summed E-state index contributed by atoms with van der Waals surface area (Å²) in [7, 11) is 0. The molecule has 30 heavy (non-hydrogen) atoms. The van der Waals surface area contributed by atoms with Gasteiger partial charge in [0.05, 0.1) is 18.2 Å². The molecule has 1 aromatic carbocycles. The summed E-state index contributed by atoms with van der Waals surface area (Å²) in [6, 6.07) is 7.25. The van der Waals surface area contributed by atoms with Crippen molar-refractivity contribution in [3.8, 4) is 0 Å². The van der Waals surface area contributed by atoms with Gasteiger partial charge >= 0.3 is 0 Å². The second-order valence-corrected chi connectivity index (χ2v) is 6.53. The first-order chi connectivity index (χ1) is 14.5. The van der Waals surface area contributed by atoms with Crippen LogP contribution in [0.1, 0.15) is 21.7 Å². The van der Waals surface area contributed by atoms with Crippen molar-refractivity contribution >= 4 is 17.7 Å². The van der Waals surface area contributed by atoms with Crippen LogP contribution in [0.3, 0.4) is 0 Å². The maximum absolute atomic E-state index is 13.0. The number of amides is 3. The predicted octanol–water partition coefficient (Wildman–Crippen LogP) is -0.246. The van der Waals surface area contributed by atoms with E-state index >= 15 is 0 Å². The van der Waals surface area contributed by atoms with Crippen LogP contribution in [0.4, 0.5) is 0 Å². The average Bonchev–Trinajstić information content (AvgIpc) is 3.27. The highest BCUT2D eigenvalue weighted by Gasteiger charge is 2.27. The Labute approximate surface area is 172 Å². The van der Waals surface area contributed by atoms with Crippen molar-refractivity contribution in [3.63, 3.8) is 0 Å².